The van der Waals surface area contributed by atoms with Crippen LogP contribution < -0.4 is 4.74 Å². The molecule has 2 aliphatic rings. The van der Waals surface area contributed by atoms with E-state index in [4.69, 9.17) is 14.7 Å². The van der Waals surface area contributed by atoms with Crippen molar-refractivity contribution >= 4 is 0 Å². The predicted molar refractivity (Wildman–Crippen MR) is 153 cm³/mol. The van der Waals surface area contributed by atoms with Gasteiger partial charge in [0, 0.05) is 28.1 Å². The van der Waals surface area contributed by atoms with Crippen LogP contribution in [0.25, 0.3) is 22.5 Å². The van der Waals surface area contributed by atoms with Crippen LogP contribution in [0.5, 0.6) is 11.5 Å². The predicted octanol–water partition coefficient (Wildman–Crippen LogP) is 7.92. The van der Waals surface area contributed by atoms with Crippen molar-refractivity contribution in [2.45, 2.75) is 39.0 Å². The molecule has 5 aromatic rings. The first-order valence-corrected chi connectivity index (χ1v) is 13.5. The molecular formula is C35H27N3O. The van der Waals surface area contributed by atoms with E-state index < -0.39 is 5.41 Å². The fourth-order valence-corrected chi connectivity index (χ4v) is 6.54. The van der Waals surface area contributed by atoms with E-state index >= 15 is 0 Å². The number of nitrogens with zero attached hydrogens (tertiary/aromatic N) is 3. The number of aryl methyl sites for hydroxylation is 2. The fourth-order valence-electron chi connectivity index (χ4n) is 6.54. The minimum atomic E-state index is -0.634. The summed E-state index contributed by atoms with van der Waals surface area (Å²) in [6.07, 6.45) is 1.73. The summed E-state index contributed by atoms with van der Waals surface area (Å²) < 4.78 is 6.45. The van der Waals surface area contributed by atoms with Gasteiger partial charge in [0.15, 0.2) is 5.82 Å². The van der Waals surface area contributed by atoms with Crippen LogP contribution >= 0.6 is 0 Å². The van der Waals surface area contributed by atoms with Crippen molar-refractivity contribution in [3.8, 4) is 40.1 Å². The van der Waals surface area contributed by atoms with Gasteiger partial charge in [0.1, 0.15) is 11.5 Å². The summed E-state index contributed by atoms with van der Waals surface area (Å²) in [5.74, 6) is 2.42. The molecule has 0 amide bonds. The lowest BCUT2D eigenvalue weighted by atomic mass is 9.66. The maximum Gasteiger partial charge on any atom is 0.159 e. The van der Waals surface area contributed by atoms with Crippen LogP contribution in [0.1, 0.15) is 58.6 Å². The van der Waals surface area contributed by atoms with Crippen molar-refractivity contribution in [3.05, 3.63) is 130 Å². The number of hydrogen-bond acceptors (Lipinski definition) is 4. The van der Waals surface area contributed by atoms with Crippen LogP contribution in [-0.4, -0.2) is 9.97 Å². The second-order valence-corrected chi connectivity index (χ2v) is 10.2. The highest BCUT2D eigenvalue weighted by molar-refractivity contribution is 5.90. The van der Waals surface area contributed by atoms with Crippen molar-refractivity contribution in [1.82, 2.24) is 9.97 Å². The minimum absolute atomic E-state index is 0.634. The third-order valence-corrected chi connectivity index (χ3v) is 8.34. The molecule has 0 radical (unpaired) electrons. The fraction of sp³-hybridized carbons (Fsp3) is 0.171. The van der Waals surface area contributed by atoms with Crippen molar-refractivity contribution in [1.29, 1.82) is 5.26 Å². The van der Waals surface area contributed by atoms with E-state index in [1.165, 1.54) is 5.56 Å². The van der Waals surface area contributed by atoms with Crippen molar-refractivity contribution in [3.63, 3.8) is 0 Å². The molecule has 4 aromatic carbocycles. The molecule has 0 atom stereocenters. The van der Waals surface area contributed by atoms with Gasteiger partial charge in [-0.05, 0) is 77.9 Å². The number of hydrogen-bond donors (Lipinski definition) is 0. The van der Waals surface area contributed by atoms with E-state index in [9.17, 15) is 5.26 Å². The third kappa shape index (κ3) is 3.17. The van der Waals surface area contributed by atoms with Crippen LogP contribution in [0, 0.1) is 18.3 Å². The molecule has 0 fully saturated rings. The molecule has 0 saturated heterocycles. The second kappa shape index (κ2) is 8.64. The second-order valence-electron chi connectivity index (χ2n) is 10.2. The summed E-state index contributed by atoms with van der Waals surface area (Å²) in [5.41, 5.74) is 11.1. The van der Waals surface area contributed by atoms with Crippen LogP contribution in [0.2, 0.25) is 0 Å². The summed E-state index contributed by atoms with van der Waals surface area (Å²) in [5, 5.41) is 9.89. The Bertz CT molecular complexity index is 1780. The molecule has 0 bridgehead atoms. The molecule has 0 N–H and O–H groups in total. The van der Waals surface area contributed by atoms with Gasteiger partial charge in [-0.25, -0.2) is 9.97 Å². The first kappa shape index (κ1) is 23.4. The molecule has 0 saturated carbocycles. The third-order valence-electron chi connectivity index (χ3n) is 8.34. The Morgan fingerprint density at radius 3 is 1.87 bits per heavy atom. The van der Waals surface area contributed by atoms with Crippen LogP contribution in [0.3, 0.4) is 0 Å². The normalized spacial score (nSPS) is 13.6. The molecule has 188 valence electrons. The van der Waals surface area contributed by atoms with Gasteiger partial charge in [0.2, 0.25) is 0 Å². The van der Waals surface area contributed by atoms with Gasteiger partial charge in [0.25, 0.3) is 0 Å². The Kier molecular flexibility index (Phi) is 5.18. The lowest BCUT2D eigenvalue weighted by molar-refractivity contribution is 0.436. The Morgan fingerprint density at radius 1 is 0.718 bits per heavy atom. The molecule has 1 spiro atoms. The summed E-state index contributed by atoms with van der Waals surface area (Å²) in [6.45, 7) is 6.42. The molecule has 1 aromatic heterocycles. The average molecular weight is 506 g/mol. The minimum Gasteiger partial charge on any atom is -0.457 e. The zero-order chi connectivity index (χ0) is 26.7. The van der Waals surface area contributed by atoms with Gasteiger partial charge in [0.05, 0.1) is 17.0 Å². The summed E-state index contributed by atoms with van der Waals surface area (Å²) >= 11 is 0. The molecular weight excluding hydrogens is 478 g/mol. The topological polar surface area (TPSA) is 58.8 Å². The number of aromatic nitrogens is 2. The Balaban J connectivity index is 1.59. The molecule has 4 heteroatoms. The number of benzene rings is 4. The number of ether oxygens (including phenoxy) is 1. The van der Waals surface area contributed by atoms with Crippen LogP contribution in [0.15, 0.2) is 84.9 Å². The highest BCUT2D eigenvalue weighted by Crippen LogP contribution is 2.62. The highest BCUT2D eigenvalue weighted by atomic mass is 16.5. The van der Waals surface area contributed by atoms with Crippen LogP contribution in [-0.2, 0) is 18.3 Å². The van der Waals surface area contributed by atoms with E-state index in [2.05, 4.69) is 81.4 Å². The SMILES string of the molecule is CCc1nc(-c2ccc3c(c2)C2(c4ccccc4Oc4ccccc42)c2cc(C#N)ccc2-3)nc(CC)c1C. The lowest BCUT2D eigenvalue weighted by Gasteiger charge is -2.39. The van der Waals surface area contributed by atoms with Gasteiger partial charge in [-0.2, -0.15) is 5.26 Å². The largest absolute Gasteiger partial charge is 0.457 e. The molecule has 0 unspecified atom stereocenters. The van der Waals surface area contributed by atoms with Crippen LogP contribution in [0.4, 0.5) is 0 Å². The van der Waals surface area contributed by atoms with E-state index in [0.29, 0.717) is 5.56 Å². The molecule has 39 heavy (non-hydrogen) atoms. The van der Waals surface area contributed by atoms with Gasteiger partial charge in [-0.3, -0.25) is 0 Å². The summed E-state index contributed by atoms with van der Waals surface area (Å²) in [4.78, 5) is 10.0. The molecule has 7 rings (SSSR count). The quantitative estimate of drug-likeness (QED) is 0.245. The number of nitriles is 1. The average Bonchev–Trinajstić information content (AvgIpc) is 3.27. The van der Waals surface area contributed by atoms with Gasteiger partial charge < -0.3 is 4.74 Å². The monoisotopic (exact) mass is 505 g/mol. The summed E-state index contributed by atoms with van der Waals surface area (Å²) in [6, 6.07) is 31.6. The molecule has 4 nitrogen and oxygen atoms in total. The standard InChI is InChI=1S/C35H27N3O/c1-4-30-21(3)31(5-2)38-34(37-30)23-15-17-25-24-16-14-22(20-36)18-28(24)35(29(25)19-23)26-10-6-8-12-32(26)39-33-13-9-7-11-27(33)35/h6-19H,4-5H2,1-3H3. The zero-order valence-corrected chi connectivity index (χ0v) is 22.2. The smallest absolute Gasteiger partial charge is 0.159 e. The highest BCUT2D eigenvalue weighted by Gasteiger charge is 2.51. The summed E-state index contributed by atoms with van der Waals surface area (Å²) in [7, 11) is 0. The number of fused-ring (bicyclic) bond motifs is 9. The number of rotatable bonds is 3. The van der Waals surface area contributed by atoms with Gasteiger partial charge in [-0.15, -0.1) is 0 Å². The first-order chi connectivity index (χ1) is 19.1. The maximum atomic E-state index is 9.89. The Hall–Kier alpha value is -4.75. The number of para-hydroxylation sites is 2. The van der Waals surface area contributed by atoms with E-state index in [0.717, 1.165) is 80.5 Å². The van der Waals surface area contributed by atoms with E-state index in [1.807, 2.05) is 30.3 Å². The van der Waals surface area contributed by atoms with E-state index in [-0.39, 0.29) is 0 Å². The lowest BCUT2D eigenvalue weighted by Crippen LogP contribution is -2.32. The van der Waals surface area contributed by atoms with Gasteiger partial charge >= 0.3 is 0 Å². The van der Waals surface area contributed by atoms with Crippen molar-refractivity contribution < 1.29 is 4.74 Å². The molecule has 1 aliphatic heterocycles. The van der Waals surface area contributed by atoms with E-state index in [1.54, 1.807) is 0 Å². The Morgan fingerprint density at radius 2 is 1.28 bits per heavy atom. The van der Waals surface area contributed by atoms with Gasteiger partial charge in [-0.1, -0.05) is 68.4 Å². The molecule has 2 heterocycles. The van der Waals surface area contributed by atoms with Crippen molar-refractivity contribution in [2.75, 3.05) is 0 Å². The zero-order valence-electron chi connectivity index (χ0n) is 22.2. The first-order valence-electron chi connectivity index (χ1n) is 13.5. The molecule has 1 aliphatic carbocycles. The maximum absolute atomic E-state index is 9.89. The Labute approximate surface area is 228 Å². The van der Waals surface area contributed by atoms with Crippen molar-refractivity contribution in [2.24, 2.45) is 0 Å².